The summed E-state index contributed by atoms with van der Waals surface area (Å²) in [6.45, 7) is 6.81. The lowest BCUT2D eigenvalue weighted by atomic mass is 9.92. The highest BCUT2D eigenvalue weighted by Gasteiger charge is 2.19. The molecule has 0 spiro atoms. The summed E-state index contributed by atoms with van der Waals surface area (Å²) < 4.78 is 0. The smallest absolute Gasteiger partial charge is 0.275 e. The molecule has 1 aromatic carbocycles. The Hall–Kier alpha value is -2.56. The minimum Gasteiger partial charge on any atom is -0.404 e. The molecule has 0 bridgehead atoms. The summed E-state index contributed by atoms with van der Waals surface area (Å²) in [5.74, 6) is 0.607. The van der Waals surface area contributed by atoms with E-state index >= 15 is 0 Å². The second-order valence-electron chi connectivity index (χ2n) is 6.80. The van der Waals surface area contributed by atoms with Crippen LogP contribution in [0.15, 0.2) is 46.4 Å². The number of rotatable bonds is 7. The molecule has 0 unspecified atom stereocenters. The molecular formula is C21H30N4O. The summed E-state index contributed by atoms with van der Waals surface area (Å²) in [6.07, 6.45) is 5.53. The van der Waals surface area contributed by atoms with Crippen molar-refractivity contribution in [2.45, 2.75) is 46.5 Å². The van der Waals surface area contributed by atoms with Gasteiger partial charge in [-0.2, -0.15) is 0 Å². The standard InChI is InChI=1S/C21H30N4O/c1-14-8-9-17(12-15(14)2)10-11-24-20(18-6-5-7-18)25-21(26)19(23-4)16(3)13-22/h8-9,12-13,24H,5-7,10-11,22H2,1-4H3,(H,25,26). The van der Waals surface area contributed by atoms with E-state index in [2.05, 4.69) is 47.7 Å². The fourth-order valence-electron chi connectivity index (χ4n) is 2.86. The van der Waals surface area contributed by atoms with E-state index in [9.17, 15) is 4.79 Å². The van der Waals surface area contributed by atoms with Gasteiger partial charge in [-0.25, -0.2) is 0 Å². The van der Waals surface area contributed by atoms with Crippen LogP contribution >= 0.6 is 0 Å². The molecule has 0 aliphatic heterocycles. The molecule has 4 N–H and O–H groups in total. The van der Waals surface area contributed by atoms with Gasteiger partial charge < -0.3 is 16.4 Å². The van der Waals surface area contributed by atoms with Crippen molar-refractivity contribution in [3.05, 3.63) is 58.1 Å². The normalized spacial score (nSPS) is 14.7. The lowest BCUT2D eigenvalue weighted by Crippen LogP contribution is -2.39. The maximum atomic E-state index is 12.5. The van der Waals surface area contributed by atoms with Crippen LogP contribution in [0.25, 0.3) is 0 Å². The first-order chi connectivity index (χ1) is 12.5. The highest BCUT2D eigenvalue weighted by molar-refractivity contribution is 6.45. The summed E-state index contributed by atoms with van der Waals surface area (Å²) in [5, 5.41) is 6.41. The fraction of sp³-hybridized carbons (Fsp3) is 0.429. The number of hydrogen-bond donors (Lipinski definition) is 3. The van der Waals surface area contributed by atoms with E-state index in [4.69, 9.17) is 5.73 Å². The fourth-order valence-corrected chi connectivity index (χ4v) is 2.86. The van der Waals surface area contributed by atoms with E-state index in [1.165, 1.54) is 34.9 Å². The topological polar surface area (TPSA) is 79.5 Å². The third kappa shape index (κ3) is 4.97. The minimum absolute atomic E-state index is 0.222. The number of aliphatic imine (C=N–C) groups is 1. The van der Waals surface area contributed by atoms with Crippen molar-refractivity contribution < 1.29 is 4.79 Å². The number of nitrogens with zero attached hydrogens (tertiary/aromatic N) is 1. The van der Waals surface area contributed by atoms with Gasteiger partial charge in [-0.3, -0.25) is 9.79 Å². The van der Waals surface area contributed by atoms with Gasteiger partial charge in [0.05, 0.1) is 0 Å². The summed E-state index contributed by atoms with van der Waals surface area (Å²) in [5.41, 5.74) is 11.7. The molecule has 26 heavy (non-hydrogen) atoms. The van der Waals surface area contributed by atoms with Crippen LogP contribution in [0, 0.1) is 13.8 Å². The zero-order chi connectivity index (χ0) is 19.1. The number of hydrogen-bond acceptors (Lipinski definition) is 4. The van der Waals surface area contributed by atoms with Crippen LogP contribution in [0.4, 0.5) is 0 Å². The molecule has 2 rings (SSSR count). The van der Waals surface area contributed by atoms with Gasteiger partial charge in [-0.15, -0.1) is 0 Å². The lowest BCUT2D eigenvalue weighted by Gasteiger charge is -2.24. The lowest BCUT2D eigenvalue weighted by molar-refractivity contribution is -0.114. The third-order valence-corrected chi connectivity index (χ3v) is 4.90. The molecule has 0 heterocycles. The molecule has 5 heteroatoms. The quantitative estimate of drug-likeness (QED) is 0.659. The summed E-state index contributed by atoms with van der Waals surface area (Å²) >= 11 is 0. The number of nitrogens with two attached hydrogens (primary N) is 1. The first-order valence-electron chi connectivity index (χ1n) is 9.15. The second-order valence-corrected chi connectivity index (χ2v) is 6.80. The number of benzene rings is 1. The van der Waals surface area contributed by atoms with Crippen molar-refractivity contribution in [1.82, 2.24) is 10.6 Å². The molecule has 0 atom stereocenters. The minimum atomic E-state index is -0.222. The van der Waals surface area contributed by atoms with Gasteiger partial charge in [0.15, 0.2) is 0 Å². The van der Waals surface area contributed by atoms with E-state index in [0.717, 1.165) is 31.6 Å². The van der Waals surface area contributed by atoms with Gasteiger partial charge in [-0.1, -0.05) is 18.2 Å². The van der Waals surface area contributed by atoms with Crippen molar-refractivity contribution in [1.29, 1.82) is 0 Å². The van der Waals surface area contributed by atoms with Crippen LogP contribution < -0.4 is 16.4 Å². The molecule has 0 radical (unpaired) electrons. The number of amides is 1. The Labute approximate surface area is 156 Å². The molecule has 1 fully saturated rings. The maximum absolute atomic E-state index is 12.5. The summed E-state index contributed by atoms with van der Waals surface area (Å²) in [4.78, 5) is 16.6. The predicted octanol–water partition coefficient (Wildman–Crippen LogP) is 2.88. The van der Waals surface area contributed by atoms with Gasteiger partial charge >= 0.3 is 0 Å². The van der Waals surface area contributed by atoms with Crippen molar-refractivity contribution in [3.63, 3.8) is 0 Å². The highest BCUT2D eigenvalue weighted by atomic mass is 16.2. The molecule has 1 aliphatic carbocycles. The average Bonchev–Trinajstić information content (AvgIpc) is 2.56. The number of allylic oxidation sites excluding steroid dienone is 1. The maximum Gasteiger partial charge on any atom is 0.275 e. The Kier molecular flexibility index (Phi) is 7.01. The largest absolute Gasteiger partial charge is 0.404 e. The van der Waals surface area contributed by atoms with E-state index in [-0.39, 0.29) is 5.91 Å². The Morgan fingerprint density at radius 2 is 2.00 bits per heavy atom. The molecule has 5 nitrogen and oxygen atoms in total. The van der Waals surface area contributed by atoms with Gasteiger partial charge in [-0.05, 0) is 80.5 Å². The van der Waals surface area contributed by atoms with Crippen molar-refractivity contribution >= 4 is 11.6 Å². The summed E-state index contributed by atoms with van der Waals surface area (Å²) in [7, 11) is 1.60. The van der Waals surface area contributed by atoms with Crippen LogP contribution in [0.1, 0.15) is 42.9 Å². The second kappa shape index (κ2) is 9.22. The number of nitrogens with one attached hydrogen (secondary N) is 2. The van der Waals surface area contributed by atoms with Crippen molar-refractivity contribution in [2.24, 2.45) is 10.7 Å². The first-order valence-corrected chi connectivity index (χ1v) is 9.15. The first kappa shape index (κ1) is 19.8. The average molecular weight is 354 g/mol. The Bertz CT molecular complexity index is 753. The highest BCUT2D eigenvalue weighted by Crippen LogP contribution is 2.27. The van der Waals surface area contributed by atoms with Crippen LogP contribution in [0.5, 0.6) is 0 Å². The molecule has 1 saturated carbocycles. The Morgan fingerprint density at radius 3 is 2.54 bits per heavy atom. The van der Waals surface area contributed by atoms with E-state index in [0.29, 0.717) is 11.3 Å². The number of carbonyl (C=O) groups is 1. The van der Waals surface area contributed by atoms with Crippen LogP contribution in [0.2, 0.25) is 0 Å². The van der Waals surface area contributed by atoms with E-state index in [1.54, 1.807) is 14.0 Å². The predicted molar refractivity (Wildman–Crippen MR) is 108 cm³/mol. The van der Waals surface area contributed by atoms with E-state index < -0.39 is 0 Å². The zero-order valence-corrected chi connectivity index (χ0v) is 16.3. The van der Waals surface area contributed by atoms with Crippen LogP contribution in [-0.2, 0) is 11.2 Å². The molecular weight excluding hydrogens is 324 g/mol. The van der Waals surface area contributed by atoms with Crippen LogP contribution in [0.3, 0.4) is 0 Å². The van der Waals surface area contributed by atoms with Gasteiger partial charge in [0.2, 0.25) is 0 Å². The van der Waals surface area contributed by atoms with Gasteiger partial charge in [0.1, 0.15) is 11.5 Å². The zero-order valence-electron chi connectivity index (χ0n) is 16.3. The third-order valence-electron chi connectivity index (χ3n) is 4.90. The monoisotopic (exact) mass is 354 g/mol. The Morgan fingerprint density at radius 1 is 1.27 bits per heavy atom. The molecule has 0 saturated heterocycles. The SMILES string of the molecule is CN=C(C(=O)NC(NCCc1ccc(C)c(C)c1)=C1CCC1)C(C)=CN. The van der Waals surface area contributed by atoms with Crippen molar-refractivity contribution in [2.75, 3.05) is 13.6 Å². The van der Waals surface area contributed by atoms with Crippen LogP contribution in [-0.4, -0.2) is 25.2 Å². The molecule has 1 amide bonds. The van der Waals surface area contributed by atoms with Gasteiger partial charge in [0.25, 0.3) is 5.91 Å². The number of aryl methyl sites for hydroxylation is 2. The summed E-state index contributed by atoms with van der Waals surface area (Å²) in [6, 6.07) is 6.54. The molecule has 140 valence electrons. The molecule has 1 aliphatic rings. The van der Waals surface area contributed by atoms with E-state index in [1.807, 2.05) is 0 Å². The molecule has 1 aromatic rings. The van der Waals surface area contributed by atoms with Crippen molar-refractivity contribution in [3.8, 4) is 0 Å². The number of carbonyl (C=O) groups excluding carboxylic acids is 1. The Balaban J connectivity index is 2.00. The van der Waals surface area contributed by atoms with Gasteiger partial charge in [0, 0.05) is 13.6 Å². The molecule has 0 aromatic heterocycles.